The Morgan fingerprint density at radius 2 is 1.89 bits per heavy atom. The molecule has 8 heteroatoms. The molecular formula is C20H11Cl2FN2O2S. The van der Waals surface area contributed by atoms with Crippen LogP contribution in [0.2, 0.25) is 10.0 Å². The van der Waals surface area contributed by atoms with Gasteiger partial charge >= 0.3 is 0 Å². The predicted molar refractivity (Wildman–Crippen MR) is 110 cm³/mol. The van der Waals surface area contributed by atoms with E-state index in [4.69, 9.17) is 23.2 Å². The maximum absolute atomic E-state index is 13.2. The second-order valence-electron chi connectivity index (χ2n) is 6.06. The number of halogens is 3. The molecular weight excluding hydrogens is 422 g/mol. The lowest BCUT2D eigenvalue weighted by Crippen LogP contribution is -2.24. The van der Waals surface area contributed by atoms with E-state index in [2.05, 4.69) is 4.98 Å². The molecule has 0 aliphatic rings. The molecule has 2 heterocycles. The number of fused-ring (bicyclic) bond motifs is 1. The topological polar surface area (TPSA) is 52.0 Å². The molecule has 0 unspecified atom stereocenters. The van der Waals surface area contributed by atoms with E-state index in [0.29, 0.717) is 26.4 Å². The van der Waals surface area contributed by atoms with E-state index in [-0.39, 0.29) is 34.3 Å². The molecule has 28 heavy (non-hydrogen) atoms. The normalized spacial score (nSPS) is 11.1. The van der Waals surface area contributed by atoms with E-state index in [0.717, 1.165) is 0 Å². The van der Waals surface area contributed by atoms with Gasteiger partial charge in [-0.1, -0.05) is 35.3 Å². The van der Waals surface area contributed by atoms with Crippen LogP contribution in [-0.4, -0.2) is 15.3 Å². The molecule has 0 fully saturated rings. The molecule has 0 aliphatic heterocycles. The number of nitrogens with zero attached hydrogens (tertiary/aromatic N) is 2. The molecule has 2 aromatic heterocycles. The van der Waals surface area contributed by atoms with Crippen molar-refractivity contribution in [3.8, 4) is 11.1 Å². The van der Waals surface area contributed by atoms with Gasteiger partial charge in [-0.2, -0.15) is 0 Å². The highest BCUT2D eigenvalue weighted by Crippen LogP contribution is 2.30. The number of hydrogen-bond donors (Lipinski definition) is 0. The van der Waals surface area contributed by atoms with Gasteiger partial charge in [-0.05, 0) is 35.9 Å². The van der Waals surface area contributed by atoms with Crippen LogP contribution in [0.3, 0.4) is 0 Å². The summed E-state index contributed by atoms with van der Waals surface area (Å²) in [5.74, 6) is -0.687. The van der Waals surface area contributed by atoms with E-state index in [9.17, 15) is 14.0 Å². The number of aromatic nitrogens is 2. The van der Waals surface area contributed by atoms with Crippen molar-refractivity contribution in [2.75, 3.05) is 0 Å². The predicted octanol–water partition coefficient (Wildman–Crippen LogP) is 5.45. The highest BCUT2D eigenvalue weighted by Gasteiger charge is 2.17. The summed E-state index contributed by atoms with van der Waals surface area (Å²) in [7, 11) is 0. The lowest BCUT2D eigenvalue weighted by Gasteiger charge is -2.07. The molecule has 4 nitrogen and oxygen atoms in total. The number of ketones is 1. The van der Waals surface area contributed by atoms with Crippen molar-refractivity contribution in [3.63, 3.8) is 0 Å². The Hall–Kier alpha value is -2.54. The molecule has 4 aromatic rings. The molecule has 0 amide bonds. The lowest BCUT2D eigenvalue weighted by atomic mass is 10.1. The summed E-state index contributed by atoms with van der Waals surface area (Å²) in [6, 6.07) is 10.4. The standard InChI is InChI=1S/C20H11Cl2FN2O2S/c21-12-3-6-14(16(22)7-12)17(26)8-25-10-24-19-18(20(25)27)15(9-28-19)11-1-4-13(23)5-2-11/h1-7,9-10H,8H2. The number of benzene rings is 2. The van der Waals surface area contributed by atoms with Crippen LogP contribution >= 0.6 is 34.5 Å². The first-order valence-electron chi connectivity index (χ1n) is 8.15. The second-order valence-corrected chi connectivity index (χ2v) is 7.76. The number of thiophene rings is 1. The second kappa shape index (κ2) is 7.47. The zero-order valence-electron chi connectivity index (χ0n) is 14.2. The monoisotopic (exact) mass is 432 g/mol. The number of rotatable bonds is 4. The Bertz CT molecular complexity index is 1270. The van der Waals surface area contributed by atoms with E-state index < -0.39 is 0 Å². The Morgan fingerprint density at radius 3 is 2.61 bits per heavy atom. The van der Waals surface area contributed by atoms with Gasteiger partial charge in [-0.3, -0.25) is 14.2 Å². The van der Waals surface area contributed by atoms with E-state index >= 15 is 0 Å². The zero-order chi connectivity index (χ0) is 19.8. The third-order valence-electron chi connectivity index (χ3n) is 4.26. The molecule has 2 aromatic carbocycles. The van der Waals surface area contributed by atoms with Gasteiger partial charge in [0.1, 0.15) is 10.6 Å². The summed E-state index contributed by atoms with van der Waals surface area (Å²) in [6.45, 7) is -0.207. The maximum atomic E-state index is 13.2. The van der Waals surface area contributed by atoms with Crippen LogP contribution in [0, 0.1) is 5.82 Å². The SMILES string of the molecule is O=C(Cn1cnc2scc(-c3ccc(F)cc3)c2c1=O)c1ccc(Cl)cc1Cl. The fourth-order valence-corrected chi connectivity index (χ4v) is 4.30. The summed E-state index contributed by atoms with van der Waals surface area (Å²) >= 11 is 13.3. The molecule has 0 N–H and O–H groups in total. The van der Waals surface area contributed by atoms with Gasteiger partial charge in [-0.15, -0.1) is 11.3 Å². The van der Waals surface area contributed by atoms with Crippen LogP contribution in [0.25, 0.3) is 21.3 Å². The van der Waals surface area contributed by atoms with Crippen LogP contribution < -0.4 is 5.56 Å². The molecule has 0 aliphatic carbocycles. The van der Waals surface area contributed by atoms with Crippen LogP contribution in [0.15, 0.2) is 59.0 Å². The van der Waals surface area contributed by atoms with Crippen molar-refractivity contribution < 1.29 is 9.18 Å². The minimum atomic E-state index is -0.357. The number of hydrogen-bond acceptors (Lipinski definition) is 4. The highest BCUT2D eigenvalue weighted by atomic mass is 35.5. The van der Waals surface area contributed by atoms with Gasteiger partial charge in [0.2, 0.25) is 0 Å². The van der Waals surface area contributed by atoms with Gasteiger partial charge < -0.3 is 0 Å². The van der Waals surface area contributed by atoms with Crippen LogP contribution in [-0.2, 0) is 6.54 Å². The first-order chi connectivity index (χ1) is 13.4. The highest BCUT2D eigenvalue weighted by molar-refractivity contribution is 7.17. The van der Waals surface area contributed by atoms with Crippen molar-refractivity contribution in [3.05, 3.63) is 86.0 Å². The maximum Gasteiger partial charge on any atom is 0.263 e. The lowest BCUT2D eigenvalue weighted by molar-refractivity contribution is 0.0971. The van der Waals surface area contributed by atoms with Gasteiger partial charge in [0.15, 0.2) is 5.78 Å². The molecule has 0 bridgehead atoms. The molecule has 0 spiro atoms. The minimum Gasteiger partial charge on any atom is -0.292 e. The molecule has 0 saturated heterocycles. The molecule has 0 saturated carbocycles. The molecule has 4 rings (SSSR count). The van der Waals surface area contributed by atoms with Gasteiger partial charge in [-0.25, -0.2) is 9.37 Å². The molecule has 140 valence electrons. The number of carbonyl (C=O) groups excluding carboxylic acids is 1. The molecule has 0 atom stereocenters. The van der Waals surface area contributed by atoms with Crippen molar-refractivity contribution in [2.45, 2.75) is 6.54 Å². The van der Waals surface area contributed by atoms with Crippen molar-refractivity contribution in [1.82, 2.24) is 9.55 Å². The van der Waals surface area contributed by atoms with Crippen molar-refractivity contribution in [2.24, 2.45) is 0 Å². The Kier molecular flexibility index (Phi) is 5.02. The Balaban J connectivity index is 1.75. The summed E-state index contributed by atoms with van der Waals surface area (Å²) in [4.78, 5) is 30.5. The summed E-state index contributed by atoms with van der Waals surface area (Å²) in [5.41, 5.74) is 1.30. The van der Waals surface area contributed by atoms with E-state index in [1.165, 1.54) is 46.5 Å². The largest absolute Gasteiger partial charge is 0.292 e. The average molecular weight is 433 g/mol. The third kappa shape index (κ3) is 3.46. The zero-order valence-corrected chi connectivity index (χ0v) is 16.5. The fourth-order valence-electron chi connectivity index (χ4n) is 2.88. The fraction of sp³-hybridized carbons (Fsp3) is 0.0500. The number of Topliss-reactive ketones (excluding diaryl/α,β-unsaturated/α-hetero) is 1. The Labute approximate surface area is 172 Å². The summed E-state index contributed by atoms with van der Waals surface area (Å²) in [5, 5.41) is 2.84. The first-order valence-corrected chi connectivity index (χ1v) is 9.78. The van der Waals surface area contributed by atoms with Crippen LogP contribution in [0.1, 0.15) is 10.4 Å². The Morgan fingerprint density at radius 1 is 1.14 bits per heavy atom. The van der Waals surface area contributed by atoms with Crippen molar-refractivity contribution >= 4 is 50.5 Å². The van der Waals surface area contributed by atoms with Crippen LogP contribution in [0.4, 0.5) is 4.39 Å². The van der Waals surface area contributed by atoms with Crippen LogP contribution in [0.5, 0.6) is 0 Å². The van der Waals surface area contributed by atoms with Gasteiger partial charge in [0, 0.05) is 21.5 Å². The van der Waals surface area contributed by atoms with E-state index in [1.807, 2.05) is 0 Å². The smallest absolute Gasteiger partial charge is 0.263 e. The number of carbonyl (C=O) groups is 1. The van der Waals surface area contributed by atoms with Gasteiger partial charge in [0.25, 0.3) is 5.56 Å². The summed E-state index contributed by atoms with van der Waals surface area (Å²) < 4.78 is 14.5. The van der Waals surface area contributed by atoms with Crippen molar-refractivity contribution in [1.29, 1.82) is 0 Å². The average Bonchev–Trinajstić information content (AvgIpc) is 3.09. The minimum absolute atomic E-state index is 0.207. The third-order valence-corrected chi connectivity index (χ3v) is 5.70. The van der Waals surface area contributed by atoms with E-state index in [1.54, 1.807) is 23.6 Å². The van der Waals surface area contributed by atoms with Gasteiger partial charge in [0.05, 0.1) is 23.3 Å². The first kappa shape index (κ1) is 18.8. The summed E-state index contributed by atoms with van der Waals surface area (Å²) in [6.07, 6.45) is 1.34. The molecule has 0 radical (unpaired) electrons. The quantitative estimate of drug-likeness (QED) is 0.402.